The molecule has 1 N–H and O–H groups in total. The van der Waals surface area contributed by atoms with Crippen molar-refractivity contribution in [3.8, 4) is 11.5 Å². The Morgan fingerprint density at radius 1 is 1.20 bits per heavy atom. The van der Waals surface area contributed by atoms with Crippen molar-refractivity contribution >= 4 is 5.69 Å². The molecule has 0 amide bonds. The Labute approximate surface area is 118 Å². The number of benzene rings is 2. The molecule has 0 saturated heterocycles. The Hall–Kier alpha value is -2.16. The first-order valence-electron chi connectivity index (χ1n) is 7.06. The summed E-state index contributed by atoms with van der Waals surface area (Å²) in [6, 6.07) is 14.7. The van der Waals surface area contributed by atoms with Crippen LogP contribution in [0.5, 0.6) is 11.5 Å². The smallest absolute Gasteiger partial charge is 0.128 e. The normalized spacial score (nSPS) is 23.4. The monoisotopic (exact) mass is 267 g/mol. The molecule has 20 heavy (non-hydrogen) atoms. The van der Waals surface area contributed by atoms with E-state index in [9.17, 15) is 5.11 Å². The molecule has 0 spiro atoms. The average molecular weight is 267 g/mol. The second kappa shape index (κ2) is 4.17. The summed E-state index contributed by atoms with van der Waals surface area (Å²) in [4.78, 5) is 2.46. The number of fused-ring (bicyclic) bond motifs is 2. The standard InChI is InChI=1S/C17H17NO2/c1-11-8-12-4-2-3-5-15(12)18(11)16-10-20-17-9-13(19)6-7-14(16)17/h2-7,9,11,16,19H,8,10H2,1H3. The molecule has 2 aromatic rings. The van der Waals surface area contributed by atoms with Crippen LogP contribution < -0.4 is 9.64 Å². The molecular formula is C17H17NO2. The molecule has 102 valence electrons. The highest BCUT2D eigenvalue weighted by Gasteiger charge is 2.36. The highest BCUT2D eigenvalue weighted by atomic mass is 16.5. The van der Waals surface area contributed by atoms with Crippen LogP contribution in [0.25, 0.3) is 0 Å². The van der Waals surface area contributed by atoms with Crippen LogP contribution in [-0.2, 0) is 6.42 Å². The second-order valence-electron chi connectivity index (χ2n) is 5.64. The van der Waals surface area contributed by atoms with Crippen LogP contribution in [0.15, 0.2) is 42.5 Å². The Balaban J connectivity index is 1.77. The fourth-order valence-corrected chi connectivity index (χ4v) is 3.48. The molecule has 4 rings (SSSR count). The number of rotatable bonds is 1. The molecule has 0 aliphatic carbocycles. The molecular weight excluding hydrogens is 250 g/mol. The number of ether oxygens (including phenoxy) is 1. The number of aromatic hydroxyl groups is 1. The quantitative estimate of drug-likeness (QED) is 0.860. The second-order valence-corrected chi connectivity index (χ2v) is 5.64. The van der Waals surface area contributed by atoms with Gasteiger partial charge in [0.25, 0.3) is 0 Å². The van der Waals surface area contributed by atoms with E-state index in [-0.39, 0.29) is 11.8 Å². The van der Waals surface area contributed by atoms with Crippen molar-refractivity contribution in [2.75, 3.05) is 11.5 Å². The van der Waals surface area contributed by atoms with Gasteiger partial charge in [-0.25, -0.2) is 0 Å². The van der Waals surface area contributed by atoms with Crippen LogP contribution >= 0.6 is 0 Å². The molecule has 2 unspecified atom stereocenters. The summed E-state index contributed by atoms with van der Waals surface area (Å²) in [5.41, 5.74) is 3.90. The van der Waals surface area contributed by atoms with Gasteiger partial charge in [0.1, 0.15) is 18.1 Å². The number of nitrogens with zero attached hydrogens (tertiary/aromatic N) is 1. The van der Waals surface area contributed by atoms with Crippen molar-refractivity contribution in [3.05, 3.63) is 53.6 Å². The van der Waals surface area contributed by atoms with Gasteiger partial charge in [0.15, 0.2) is 0 Å². The zero-order valence-electron chi connectivity index (χ0n) is 11.4. The molecule has 2 aliphatic rings. The third-order valence-electron chi connectivity index (χ3n) is 4.35. The van der Waals surface area contributed by atoms with E-state index in [2.05, 4.69) is 36.1 Å². The van der Waals surface area contributed by atoms with E-state index in [0.29, 0.717) is 12.6 Å². The Bertz CT molecular complexity index is 668. The minimum atomic E-state index is 0.240. The molecule has 2 aliphatic heterocycles. The number of hydrogen-bond donors (Lipinski definition) is 1. The van der Waals surface area contributed by atoms with Crippen molar-refractivity contribution < 1.29 is 9.84 Å². The van der Waals surface area contributed by atoms with Crippen molar-refractivity contribution in [1.82, 2.24) is 0 Å². The first-order valence-corrected chi connectivity index (χ1v) is 7.06. The van der Waals surface area contributed by atoms with E-state index in [1.807, 2.05) is 6.07 Å². The molecule has 2 heterocycles. The van der Waals surface area contributed by atoms with Crippen LogP contribution in [0.4, 0.5) is 5.69 Å². The third-order valence-corrected chi connectivity index (χ3v) is 4.35. The van der Waals surface area contributed by atoms with Gasteiger partial charge in [0, 0.05) is 23.4 Å². The Kier molecular flexibility index (Phi) is 2.43. The van der Waals surface area contributed by atoms with Crippen LogP contribution in [-0.4, -0.2) is 17.8 Å². The van der Waals surface area contributed by atoms with Crippen molar-refractivity contribution in [3.63, 3.8) is 0 Å². The lowest BCUT2D eigenvalue weighted by Crippen LogP contribution is -2.34. The number of anilines is 1. The van der Waals surface area contributed by atoms with Gasteiger partial charge in [0.05, 0.1) is 6.04 Å². The number of phenolic OH excluding ortho intramolecular Hbond substituents is 1. The van der Waals surface area contributed by atoms with Gasteiger partial charge in [0.2, 0.25) is 0 Å². The van der Waals surface area contributed by atoms with Gasteiger partial charge in [-0.15, -0.1) is 0 Å². The van der Waals surface area contributed by atoms with Gasteiger partial charge in [-0.2, -0.15) is 0 Å². The van der Waals surface area contributed by atoms with Crippen molar-refractivity contribution in [1.29, 1.82) is 0 Å². The van der Waals surface area contributed by atoms with Gasteiger partial charge in [-0.1, -0.05) is 18.2 Å². The van der Waals surface area contributed by atoms with E-state index in [0.717, 1.165) is 12.2 Å². The first-order chi connectivity index (χ1) is 9.74. The minimum Gasteiger partial charge on any atom is -0.508 e. The number of phenols is 1. The molecule has 0 bridgehead atoms. The molecule has 3 nitrogen and oxygen atoms in total. The van der Waals surface area contributed by atoms with Crippen molar-refractivity contribution in [2.24, 2.45) is 0 Å². The number of para-hydroxylation sites is 1. The van der Waals surface area contributed by atoms with E-state index < -0.39 is 0 Å². The average Bonchev–Trinajstić information content (AvgIpc) is 2.97. The van der Waals surface area contributed by atoms with Crippen LogP contribution in [0, 0.1) is 0 Å². The molecule has 0 fully saturated rings. The van der Waals surface area contributed by atoms with Gasteiger partial charge >= 0.3 is 0 Å². The molecule has 3 heteroatoms. The molecule has 0 aromatic heterocycles. The predicted octanol–water partition coefficient (Wildman–Crippen LogP) is 3.28. The lowest BCUT2D eigenvalue weighted by atomic mass is 10.1. The van der Waals surface area contributed by atoms with Crippen molar-refractivity contribution in [2.45, 2.75) is 25.4 Å². The van der Waals surface area contributed by atoms with Gasteiger partial charge in [-0.3, -0.25) is 0 Å². The largest absolute Gasteiger partial charge is 0.508 e. The lowest BCUT2D eigenvalue weighted by Gasteiger charge is -2.30. The molecule has 2 atom stereocenters. The highest BCUT2D eigenvalue weighted by molar-refractivity contribution is 5.62. The minimum absolute atomic E-state index is 0.240. The SMILES string of the molecule is CC1Cc2ccccc2N1C1COc2cc(O)ccc21. The maximum Gasteiger partial charge on any atom is 0.128 e. The molecule has 0 saturated carbocycles. The van der Waals surface area contributed by atoms with Crippen LogP contribution in [0.2, 0.25) is 0 Å². The maximum absolute atomic E-state index is 9.56. The van der Waals surface area contributed by atoms with E-state index >= 15 is 0 Å². The fraction of sp³-hybridized carbons (Fsp3) is 0.294. The summed E-state index contributed by atoms with van der Waals surface area (Å²) in [5.74, 6) is 1.07. The van der Waals surface area contributed by atoms with E-state index in [4.69, 9.17) is 4.74 Å². The predicted molar refractivity (Wildman–Crippen MR) is 78.4 cm³/mol. The fourth-order valence-electron chi connectivity index (χ4n) is 3.48. The van der Waals surface area contributed by atoms with E-state index in [1.54, 1.807) is 12.1 Å². The summed E-state index contributed by atoms with van der Waals surface area (Å²) < 4.78 is 5.77. The highest BCUT2D eigenvalue weighted by Crippen LogP contribution is 2.44. The summed E-state index contributed by atoms with van der Waals surface area (Å²) in [7, 11) is 0. The van der Waals surface area contributed by atoms with Gasteiger partial charge < -0.3 is 14.7 Å². The maximum atomic E-state index is 9.56. The summed E-state index contributed by atoms with van der Waals surface area (Å²) in [5, 5.41) is 9.56. The Morgan fingerprint density at radius 2 is 2.05 bits per heavy atom. The molecule has 2 aromatic carbocycles. The van der Waals surface area contributed by atoms with Gasteiger partial charge in [-0.05, 0) is 37.1 Å². The third kappa shape index (κ3) is 1.59. The van der Waals surface area contributed by atoms with E-state index in [1.165, 1.54) is 16.8 Å². The van der Waals surface area contributed by atoms with Crippen LogP contribution in [0.3, 0.4) is 0 Å². The summed E-state index contributed by atoms with van der Waals surface area (Å²) >= 11 is 0. The number of hydrogen-bond acceptors (Lipinski definition) is 3. The Morgan fingerprint density at radius 3 is 2.95 bits per heavy atom. The lowest BCUT2D eigenvalue weighted by molar-refractivity contribution is 0.321. The zero-order chi connectivity index (χ0) is 13.7. The molecule has 0 radical (unpaired) electrons. The summed E-state index contributed by atoms with van der Waals surface area (Å²) in [6.07, 6.45) is 1.08. The summed E-state index contributed by atoms with van der Waals surface area (Å²) in [6.45, 7) is 2.91. The zero-order valence-corrected chi connectivity index (χ0v) is 11.4. The van der Waals surface area contributed by atoms with Crippen LogP contribution in [0.1, 0.15) is 24.1 Å². The topological polar surface area (TPSA) is 32.7 Å². The first kappa shape index (κ1) is 11.6.